The molecule has 0 aromatic carbocycles. The van der Waals surface area contributed by atoms with Crippen LogP contribution in [0.15, 0.2) is 23.7 Å². The number of nitrogens with one attached hydrogen (secondary N) is 2. The Balaban J connectivity index is 2.06. The monoisotopic (exact) mass is 276 g/mol. The van der Waals surface area contributed by atoms with Gasteiger partial charge in [-0.1, -0.05) is 13.8 Å². The summed E-state index contributed by atoms with van der Waals surface area (Å²) in [5, 5.41) is 8.26. The molecule has 0 aliphatic carbocycles. The molecular formula is C13H16N4OS. The zero-order chi connectivity index (χ0) is 13.8. The molecule has 0 radical (unpaired) electrons. The summed E-state index contributed by atoms with van der Waals surface area (Å²) in [7, 11) is 1.78. The molecule has 1 amide bonds. The van der Waals surface area contributed by atoms with Crippen LogP contribution in [0, 0.1) is 0 Å². The minimum Gasteiger partial charge on any atom is -0.373 e. The highest BCUT2D eigenvalue weighted by Crippen LogP contribution is 2.21. The molecule has 2 N–H and O–H groups in total. The molecular weight excluding hydrogens is 260 g/mol. The van der Waals surface area contributed by atoms with Crippen molar-refractivity contribution in [1.82, 2.24) is 9.97 Å². The molecule has 0 unspecified atom stereocenters. The van der Waals surface area contributed by atoms with Crippen molar-refractivity contribution < 1.29 is 4.79 Å². The average molecular weight is 276 g/mol. The van der Waals surface area contributed by atoms with Crippen LogP contribution in [0.2, 0.25) is 0 Å². The molecule has 0 atom stereocenters. The van der Waals surface area contributed by atoms with E-state index >= 15 is 0 Å². The number of carbonyl (C=O) groups excluding carboxylic acids is 1. The molecule has 19 heavy (non-hydrogen) atoms. The zero-order valence-electron chi connectivity index (χ0n) is 11.1. The van der Waals surface area contributed by atoms with Gasteiger partial charge in [0.05, 0.1) is 11.3 Å². The van der Waals surface area contributed by atoms with Crippen molar-refractivity contribution >= 4 is 28.2 Å². The highest BCUT2D eigenvalue weighted by atomic mass is 32.1. The Morgan fingerprint density at radius 3 is 2.68 bits per heavy atom. The van der Waals surface area contributed by atoms with Gasteiger partial charge in [0.15, 0.2) is 5.13 Å². The van der Waals surface area contributed by atoms with Crippen molar-refractivity contribution in [2.45, 2.75) is 19.8 Å². The summed E-state index contributed by atoms with van der Waals surface area (Å²) in [5.41, 5.74) is 1.50. The highest BCUT2D eigenvalue weighted by molar-refractivity contribution is 7.14. The molecule has 0 saturated heterocycles. The largest absolute Gasteiger partial charge is 0.373 e. The second-order valence-electron chi connectivity index (χ2n) is 4.37. The van der Waals surface area contributed by atoms with E-state index in [9.17, 15) is 4.79 Å². The van der Waals surface area contributed by atoms with Gasteiger partial charge in [-0.2, -0.15) is 0 Å². The number of aromatic nitrogens is 2. The van der Waals surface area contributed by atoms with Crippen LogP contribution in [0.5, 0.6) is 0 Å². The Kier molecular flexibility index (Phi) is 4.11. The molecule has 2 aromatic heterocycles. The lowest BCUT2D eigenvalue weighted by Crippen LogP contribution is -2.12. The van der Waals surface area contributed by atoms with Gasteiger partial charge >= 0.3 is 0 Å². The van der Waals surface area contributed by atoms with Crippen molar-refractivity contribution in [3.8, 4) is 0 Å². The van der Waals surface area contributed by atoms with Gasteiger partial charge in [-0.05, 0) is 18.1 Å². The fraction of sp³-hybridized carbons (Fsp3) is 0.308. The molecule has 0 saturated carbocycles. The molecule has 6 heteroatoms. The summed E-state index contributed by atoms with van der Waals surface area (Å²) in [6.45, 7) is 4.14. The van der Waals surface area contributed by atoms with Crippen LogP contribution in [0.3, 0.4) is 0 Å². The first kappa shape index (κ1) is 13.5. The Hall–Kier alpha value is -1.95. The van der Waals surface area contributed by atoms with Crippen LogP contribution in [0.4, 0.5) is 10.9 Å². The number of hydrogen-bond donors (Lipinski definition) is 2. The van der Waals surface area contributed by atoms with E-state index in [0.29, 0.717) is 16.6 Å². The van der Waals surface area contributed by atoms with Gasteiger partial charge in [0.2, 0.25) is 0 Å². The Morgan fingerprint density at radius 1 is 1.37 bits per heavy atom. The number of pyridine rings is 1. The number of nitrogens with zero attached hydrogens (tertiary/aromatic N) is 2. The first-order chi connectivity index (χ1) is 9.10. The molecule has 0 bridgehead atoms. The first-order valence-corrected chi connectivity index (χ1v) is 6.88. The number of carbonyl (C=O) groups is 1. The van der Waals surface area contributed by atoms with Crippen LogP contribution in [-0.2, 0) is 0 Å². The summed E-state index contributed by atoms with van der Waals surface area (Å²) >= 11 is 1.43. The molecule has 100 valence electrons. The summed E-state index contributed by atoms with van der Waals surface area (Å²) in [6.07, 6.45) is 1.54. The Labute approximate surface area is 116 Å². The van der Waals surface area contributed by atoms with Crippen LogP contribution >= 0.6 is 11.3 Å². The summed E-state index contributed by atoms with van der Waals surface area (Å²) in [4.78, 5) is 20.5. The van der Waals surface area contributed by atoms with Crippen molar-refractivity contribution in [3.05, 3.63) is 35.0 Å². The minimum atomic E-state index is -0.195. The van der Waals surface area contributed by atoms with Crippen molar-refractivity contribution in [1.29, 1.82) is 0 Å². The SMILES string of the molecule is CNc1ccc(C(=O)Nc2nc(C(C)C)cs2)cn1. The van der Waals surface area contributed by atoms with Crippen LogP contribution in [0.1, 0.15) is 35.8 Å². The molecule has 0 aliphatic rings. The van der Waals surface area contributed by atoms with Crippen molar-refractivity contribution in [2.24, 2.45) is 0 Å². The number of rotatable bonds is 4. The maximum absolute atomic E-state index is 12.0. The summed E-state index contributed by atoms with van der Waals surface area (Å²) in [6, 6.07) is 3.49. The van der Waals surface area contributed by atoms with Gasteiger partial charge in [0.1, 0.15) is 5.82 Å². The van der Waals surface area contributed by atoms with Crippen molar-refractivity contribution in [3.63, 3.8) is 0 Å². The lowest BCUT2D eigenvalue weighted by Gasteiger charge is -2.03. The summed E-state index contributed by atoms with van der Waals surface area (Å²) in [5.74, 6) is 0.895. The number of amides is 1. The van der Waals surface area contributed by atoms with Gasteiger partial charge in [0, 0.05) is 18.6 Å². The second-order valence-corrected chi connectivity index (χ2v) is 5.23. The van der Waals surface area contributed by atoms with E-state index in [2.05, 4.69) is 34.4 Å². The minimum absolute atomic E-state index is 0.195. The van der Waals surface area contributed by atoms with E-state index in [1.807, 2.05) is 5.38 Å². The third kappa shape index (κ3) is 3.29. The predicted octanol–water partition coefficient (Wildman–Crippen LogP) is 2.96. The molecule has 2 aromatic rings. The zero-order valence-corrected chi connectivity index (χ0v) is 11.9. The maximum atomic E-state index is 12.0. The molecule has 2 heterocycles. The van der Waals surface area contributed by atoms with E-state index in [-0.39, 0.29) is 5.91 Å². The Bertz CT molecular complexity index is 562. The average Bonchev–Trinajstić information content (AvgIpc) is 2.87. The molecule has 0 fully saturated rings. The number of anilines is 2. The summed E-state index contributed by atoms with van der Waals surface area (Å²) < 4.78 is 0. The van der Waals surface area contributed by atoms with Crippen LogP contribution in [-0.4, -0.2) is 22.9 Å². The van der Waals surface area contributed by atoms with Gasteiger partial charge < -0.3 is 5.32 Å². The molecule has 0 spiro atoms. The highest BCUT2D eigenvalue weighted by Gasteiger charge is 2.10. The third-order valence-electron chi connectivity index (χ3n) is 2.62. The molecule has 5 nitrogen and oxygen atoms in total. The van der Waals surface area contributed by atoms with Crippen molar-refractivity contribution in [2.75, 3.05) is 17.7 Å². The molecule has 0 aliphatic heterocycles. The fourth-order valence-electron chi connectivity index (χ4n) is 1.45. The lowest BCUT2D eigenvalue weighted by molar-refractivity contribution is 0.102. The van der Waals surface area contributed by atoms with Crippen LogP contribution < -0.4 is 10.6 Å². The van der Waals surface area contributed by atoms with E-state index in [4.69, 9.17) is 0 Å². The van der Waals surface area contributed by atoms with E-state index in [1.54, 1.807) is 19.2 Å². The van der Waals surface area contributed by atoms with E-state index in [0.717, 1.165) is 11.5 Å². The first-order valence-electron chi connectivity index (χ1n) is 6.00. The Morgan fingerprint density at radius 2 is 2.16 bits per heavy atom. The normalized spacial score (nSPS) is 10.5. The smallest absolute Gasteiger partial charge is 0.259 e. The maximum Gasteiger partial charge on any atom is 0.259 e. The number of hydrogen-bond acceptors (Lipinski definition) is 5. The topological polar surface area (TPSA) is 66.9 Å². The third-order valence-corrected chi connectivity index (χ3v) is 3.39. The van der Waals surface area contributed by atoms with Gasteiger partial charge in [-0.15, -0.1) is 11.3 Å². The van der Waals surface area contributed by atoms with Crippen LogP contribution in [0.25, 0.3) is 0 Å². The second kappa shape index (κ2) is 5.79. The fourth-order valence-corrected chi connectivity index (χ4v) is 2.32. The molecule has 2 rings (SSSR count). The van der Waals surface area contributed by atoms with Gasteiger partial charge in [-0.3, -0.25) is 10.1 Å². The van der Waals surface area contributed by atoms with Gasteiger partial charge in [-0.25, -0.2) is 9.97 Å². The quantitative estimate of drug-likeness (QED) is 0.901. The van der Waals surface area contributed by atoms with E-state index < -0.39 is 0 Å². The predicted molar refractivity (Wildman–Crippen MR) is 77.9 cm³/mol. The standard InChI is InChI=1S/C13H16N4OS/c1-8(2)10-7-19-13(16-10)17-12(18)9-4-5-11(14-3)15-6-9/h4-8H,1-3H3,(H,14,15)(H,16,17,18). The van der Waals surface area contributed by atoms with Gasteiger partial charge in [0.25, 0.3) is 5.91 Å². The lowest BCUT2D eigenvalue weighted by atomic mass is 10.2. The number of thiazole rings is 1. The van der Waals surface area contributed by atoms with E-state index in [1.165, 1.54) is 17.5 Å².